The lowest BCUT2D eigenvalue weighted by Crippen LogP contribution is -2.57. The van der Waals surface area contributed by atoms with Crippen LogP contribution in [0.4, 0.5) is 4.79 Å². The summed E-state index contributed by atoms with van der Waals surface area (Å²) in [4.78, 5) is 29.6. The summed E-state index contributed by atoms with van der Waals surface area (Å²) in [6, 6.07) is 3.78. The van der Waals surface area contributed by atoms with Gasteiger partial charge in [0.05, 0.1) is 0 Å². The van der Waals surface area contributed by atoms with Gasteiger partial charge in [0, 0.05) is 32.0 Å². The normalized spacial score (nSPS) is 21.9. The van der Waals surface area contributed by atoms with E-state index in [0.29, 0.717) is 19.5 Å². The molecule has 0 aromatic carbocycles. The fraction of sp³-hybridized carbons (Fsp3) is 0.562. The van der Waals surface area contributed by atoms with E-state index in [2.05, 4.69) is 10.3 Å². The molecule has 7 nitrogen and oxygen atoms in total. The van der Waals surface area contributed by atoms with Gasteiger partial charge in [0.25, 0.3) is 0 Å². The minimum atomic E-state index is -1.31. The number of hydrogen-bond donors (Lipinski definition) is 2. The zero-order valence-electron chi connectivity index (χ0n) is 13.7. The molecule has 1 saturated heterocycles. The molecule has 0 spiro atoms. The van der Waals surface area contributed by atoms with Gasteiger partial charge in [-0.3, -0.25) is 9.88 Å². The van der Waals surface area contributed by atoms with Crippen LogP contribution in [0.2, 0.25) is 0 Å². The Hall–Kier alpha value is -2.15. The Bertz CT molecular complexity index is 570. The van der Waals surface area contributed by atoms with Crippen LogP contribution in [0.15, 0.2) is 24.5 Å². The fourth-order valence-electron chi connectivity index (χ4n) is 2.60. The minimum Gasteiger partial charge on any atom is -0.479 e. The Kier molecular flexibility index (Phi) is 4.89. The maximum absolute atomic E-state index is 12.0. The van der Waals surface area contributed by atoms with E-state index in [0.717, 1.165) is 5.56 Å². The van der Waals surface area contributed by atoms with Crippen molar-refractivity contribution in [3.05, 3.63) is 30.1 Å². The minimum absolute atomic E-state index is 0.240. The number of ether oxygens (including phenoxy) is 1. The molecule has 23 heavy (non-hydrogen) atoms. The van der Waals surface area contributed by atoms with Crippen LogP contribution in [0.5, 0.6) is 0 Å². The van der Waals surface area contributed by atoms with E-state index in [1.54, 1.807) is 33.2 Å². The number of carbonyl (C=O) groups excluding carboxylic acids is 1. The van der Waals surface area contributed by atoms with Crippen LogP contribution >= 0.6 is 0 Å². The van der Waals surface area contributed by atoms with E-state index in [1.165, 1.54) is 0 Å². The van der Waals surface area contributed by atoms with Gasteiger partial charge < -0.3 is 15.2 Å². The third-order valence-corrected chi connectivity index (χ3v) is 3.65. The molecule has 2 rings (SSSR count). The molecule has 0 aliphatic carbocycles. The van der Waals surface area contributed by atoms with Crippen LogP contribution in [-0.4, -0.2) is 51.3 Å². The molecule has 126 valence electrons. The summed E-state index contributed by atoms with van der Waals surface area (Å²) in [7, 11) is 0. The van der Waals surface area contributed by atoms with Crippen LogP contribution in [0.1, 0.15) is 32.8 Å². The van der Waals surface area contributed by atoms with Crippen molar-refractivity contribution in [2.75, 3.05) is 13.1 Å². The van der Waals surface area contributed by atoms with E-state index in [9.17, 15) is 14.7 Å². The number of likely N-dealkylation sites (tertiary alicyclic amines) is 1. The average molecular weight is 321 g/mol. The number of hydrogen-bond acceptors (Lipinski definition) is 5. The van der Waals surface area contributed by atoms with Gasteiger partial charge in [-0.15, -0.1) is 0 Å². The molecule has 1 aromatic heterocycles. The second-order valence-corrected chi connectivity index (χ2v) is 6.83. The molecule has 2 heterocycles. The van der Waals surface area contributed by atoms with Gasteiger partial charge in [0.1, 0.15) is 5.60 Å². The van der Waals surface area contributed by atoms with Crippen molar-refractivity contribution >= 4 is 12.1 Å². The lowest BCUT2D eigenvalue weighted by atomic mass is 9.99. The summed E-state index contributed by atoms with van der Waals surface area (Å²) in [5.41, 5.74) is -0.924. The SMILES string of the molecule is CC(C)(C)OC(=O)NC1(C(=O)O)CCN(Cc2ccncc2)C1. The van der Waals surface area contributed by atoms with Gasteiger partial charge in [-0.05, 0) is 44.9 Å². The number of amides is 1. The highest BCUT2D eigenvalue weighted by Gasteiger charge is 2.46. The van der Waals surface area contributed by atoms with Gasteiger partial charge in [0.2, 0.25) is 0 Å². The van der Waals surface area contributed by atoms with Crippen molar-refractivity contribution in [3.63, 3.8) is 0 Å². The molecule has 1 atom stereocenters. The van der Waals surface area contributed by atoms with Gasteiger partial charge in [-0.25, -0.2) is 9.59 Å². The molecule has 7 heteroatoms. The van der Waals surface area contributed by atoms with Gasteiger partial charge in [-0.2, -0.15) is 0 Å². The topological polar surface area (TPSA) is 91.8 Å². The van der Waals surface area contributed by atoms with E-state index >= 15 is 0 Å². The summed E-state index contributed by atoms with van der Waals surface area (Å²) in [6.07, 6.45) is 3.04. The summed E-state index contributed by atoms with van der Waals surface area (Å²) >= 11 is 0. The third-order valence-electron chi connectivity index (χ3n) is 3.65. The second kappa shape index (κ2) is 6.54. The third kappa shape index (κ3) is 4.66. The summed E-state index contributed by atoms with van der Waals surface area (Å²) in [6.45, 7) is 6.67. The number of nitrogens with one attached hydrogen (secondary N) is 1. The Morgan fingerprint density at radius 1 is 1.39 bits per heavy atom. The number of aromatic nitrogens is 1. The molecule has 1 aliphatic rings. The maximum Gasteiger partial charge on any atom is 0.408 e. The monoisotopic (exact) mass is 321 g/mol. The fourth-order valence-corrected chi connectivity index (χ4v) is 2.60. The van der Waals surface area contributed by atoms with Gasteiger partial charge in [-0.1, -0.05) is 0 Å². The first kappa shape index (κ1) is 17.2. The van der Waals surface area contributed by atoms with E-state index < -0.39 is 23.2 Å². The molecule has 2 N–H and O–H groups in total. The number of carboxylic acids is 1. The smallest absolute Gasteiger partial charge is 0.408 e. The van der Waals surface area contributed by atoms with Crippen molar-refractivity contribution in [1.29, 1.82) is 0 Å². The molecule has 1 fully saturated rings. The van der Waals surface area contributed by atoms with Gasteiger partial charge in [0.15, 0.2) is 5.54 Å². The van der Waals surface area contributed by atoms with E-state index in [1.807, 2.05) is 17.0 Å². The highest BCUT2D eigenvalue weighted by atomic mass is 16.6. The molecule has 1 amide bonds. The number of aliphatic carboxylic acids is 1. The second-order valence-electron chi connectivity index (χ2n) is 6.83. The largest absolute Gasteiger partial charge is 0.479 e. The van der Waals surface area contributed by atoms with Crippen LogP contribution in [0, 0.1) is 0 Å². The van der Waals surface area contributed by atoms with E-state index in [-0.39, 0.29) is 6.54 Å². The highest BCUT2D eigenvalue weighted by Crippen LogP contribution is 2.24. The van der Waals surface area contributed by atoms with Crippen molar-refractivity contribution in [2.45, 2.75) is 44.9 Å². The predicted molar refractivity (Wildman–Crippen MR) is 83.9 cm³/mol. The first-order valence-electron chi connectivity index (χ1n) is 7.56. The highest BCUT2D eigenvalue weighted by molar-refractivity contribution is 5.85. The first-order valence-corrected chi connectivity index (χ1v) is 7.56. The lowest BCUT2D eigenvalue weighted by Gasteiger charge is -2.28. The lowest BCUT2D eigenvalue weighted by molar-refractivity contribution is -0.144. The maximum atomic E-state index is 12.0. The van der Waals surface area contributed by atoms with Crippen LogP contribution in [-0.2, 0) is 16.1 Å². The first-order chi connectivity index (χ1) is 10.7. The van der Waals surface area contributed by atoms with Gasteiger partial charge >= 0.3 is 12.1 Å². The summed E-state index contributed by atoms with van der Waals surface area (Å²) in [5.74, 6) is -1.04. The molecule has 0 radical (unpaired) electrons. The quantitative estimate of drug-likeness (QED) is 0.876. The van der Waals surface area contributed by atoms with Crippen LogP contribution < -0.4 is 5.32 Å². The number of carbonyl (C=O) groups is 2. The summed E-state index contributed by atoms with van der Waals surface area (Å²) in [5, 5.41) is 12.1. The standard InChI is InChI=1S/C16H23N3O4/c1-15(2,3)23-14(22)18-16(13(20)21)6-9-19(11-16)10-12-4-7-17-8-5-12/h4-5,7-8H,6,9-11H2,1-3H3,(H,18,22)(H,20,21). The molecule has 1 unspecified atom stereocenters. The summed E-state index contributed by atoms with van der Waals surface area (Å²) < 4.78 is 5.19. The molecule has 0 bridgehead atoms. The Labute approximate surface area is 135 Å². The average Bonchev–Trinajstić information content (AvgIpc) is 2.82. The molecule has 0 saturated carbocycles. The van der Waals surface area contributed by atoms with Crippen molar-refractivity contribution in [3.8, 4) is 0 Å². The zero-order chi connectivity index (χ0) is 17.1. The molecule has 1 aromatic rings. The number of nitrogens with zero attached hydrogens (tertiary/aromatic N) is 2. The zero-order valence-corrected chi connectivity index (χ0v) is 13.7. The Morgan fingerprint density at radius 3 is 2.61 bits per heavy atom. The number of alkyl carbamates (subject to hydrolysis) is 1. The molecular formula is C16H23N3O4. The number of pyridine rings is 1. The van der Waals surface area contributed by atoms with Crippen molar-refractivity contribution in [1.82, 2.24) is 15.2 Å². The Balaban J connectivity index is 2.02. The molecule has 1 aliphatic heterocycles. The van der Waals surface area contributed by atoms with Crippen molar-refractivity contribution < 1.29 is 19.4 Å². The van der Waals surface area contributed by atoms with Crippen LogP contribution in [0.25, 0.3) is 0 Å². The number of carboxylic acid groups (broad SMARTS) is 1. The van der Waals surface area contributed by atoms with Crippen molar-refractivity contribution in [2.24, 2.45) is 0 Å². The number of rotatable bonds is 4. The van der Waals surface area contributed by atoms with E-state index in [4.69, 9.17) is 4.74 Å². The predicted octanol–water partition coefficient (Wildman–Crippen LogP) is 1.64. The Morgan fingerprint density at radius 2 is 2.04 bits per heavy atom. The van der Waals surface area contributed by atoms with Crippen LogP contribution in [0.3, 0.4) is 0 Å². The molecular weight excluding hydrogens is 298 g/mol.